The van der Waals surface area contributed by atoms with Crippen molar-refractivity contribution in [2.75, 3.05) is 26.5 Å². The van der Waals surface area contributed by atoms with Crippen LogP contribution in [0.2, 0.25) is 0 Å². The lowest BCUT2D eigenvalue weighted by molar-refractivity contribution is -0.114. The number of likely N-dealkylation sites (N-methyl/N-ethyl adjacent to an activating group) is 1. The van der Waals surface area contributed by atoms with Gasteiger partial charge < -0.3 is 15.0 Å². The highest BCUT2D eigenvalue weighted by Gasteiger charge is 2.19. The molecule has 1 N–H and O–H groups in total. The number of benzene rings is 2. The molecule has 0 spiro atoms. The van der Waals surface area contributed by atoms with Crippen LogP contribution in [0.25, 0.3) is 33.4 Å². The topological polar surface area (TPSA) is 85.2 Å². The maximum absolute atomic E-state index is 12.6. The SMILES string of the molecule is C=C(C(=O)Nc1cc2c(-c3cn(C)nc3-c3ccccc3)ncnc2cc1OC)N(C)C. The molecule has 0 bridgehead atoms. The van der Waals surface area contributed by atoms with E-state index in [-0.39, 0.29) is 5.91 Å². The van der Waals surface area contributed by atoms with Gasteiger partial charge in [-0.25, -0.2) is 9.97 Å². The lowest BCUT2D eigenvalue weighted by Gasteiger charge is -2.17. The third-order valence-corrected chi connectivity index (χ3v) is 5.14. The highest BCUT2D eigenvalue weighted by atomic mass is 16.5. The van der Waals surface area contributed by atoms with Crippen LogP contribution >= 0.6 is 0 Å². The molecule has 0 atom stereocenters. The van der Waals surface area contributed by atoms with Gasteiger partial charge in [0.25, 0.3) is 5.91 Å². The van der Waals surface area contributed by atoms with E-state index in [0.29, 0.717) is 28.3 Å². The second kappa shape index (κ2) is 8.50. The largest absolute Gasteiger partial charge is 0.494 e. The number of methoxy groups -OCH3 is 1. The number of fused-ring (bicyclic) bond motifs is 1. The Morgan fingerprint density at radius 3 is 2.56 bits per heavy atom. The van der Waals surface area contributed by atoms with Gasteiger partial charge in [0.2, 0.25) is 0 Å². The minimum atomic E-state index is -0.322. The summed E-state index contributed by atoms with van der Waals surface area (Å²) in [6.45, 7) is 3.82. The summed E-state index contributed by atoms with van der Waals surface area (Å²) in [4.78, 5) is 23.2. The first-order chi connectivity index (χ1) is 15.4. The predicted molar refractivity (Wildman–Crippen MR) is 125 cm³/mol. The molecule has 0 aliphatic carbocycles. The number of anilines is 1. The fourth-order valence-electron chi connectivity index (χ4n) is 3.43. The zero-order valence-corrected chi connectivity index (χ0v) is 18.5. The number of aryl methyl sites for hydroxylation is 1. The number of ether oxygens (including phenoxy) is 1. The van der Waals surface area contributed by atoms with E-state index < -0.39 is 0 Å². The van der Waals surface area contributed by atoms with Gasteiger partial charge in [-0.3, -0.25) is 9.48 Å². The van der Waals surface area contributed by atoms with Crippen LogP contribution in [0.5, 0.6) is 5.75 Å². The molecule has 0 saturated carbocycles. The number of nitrogens with one attached hydrogen (secondary N) is 1. The molecule has 0 aliphatic rings. The third-order valence-electron chi connectivity index (χ3n) is 5.14. The number of carbonyl (C=O) groups excluding carboxylic acids is 1. The van der Waals surface area contributed by atoms with E-state index in [1.165, 1.54) is 6.33 Å². The van der Waals surface area contributed by atoms with Crippen LogP contribution in [-0.4, -0.2) is 51.8 Å². The van der Waals surface area contributed by atoms with Gasteiger partial charge >= 0.3 is 0 Å². The molecule has 32 heavy (non-hydrogen) atoms. The first kappa shape index (κ1) is 21.0. The van der Waals surface area contributed by atoms with Crippen molar-refractivity contribution in [3.05, 3.63) is 67.3 Å². The average molecular weight is 428 g/mol. The summed E-state index contributed by atoms with van der Waals surface area (Å²) in [6.07, 6.45) is 3.45. The first-order valence-electron chi connectivity index (χ1n) is 9.98. The Kier molecular flexibility index (Phi) is 5.59. The van der Waals surface area contributed by atoms with Crippen LogP contribution in [-0.2, 0) is 11.8 Å². The molecule has 1 amide bonds. The molecule has 2 aromatic carbocycles. The molecule has 0 unspecified atom stereocenters. The minimum Gasteiger partial charge on any atom is -0.494 e. The van der Waals surface area contributed by atoms with Crippen LogP contribution in [0.1, 0.15) is 0 Å². The van der Waals surface area contributed by atoms with Crippen LogP contribution in [0.3, 0.4) is 0 Å². The molecule has 162 valence electrons. The number of nitrogens with zero attached hydrogens (tertiary/aromatic N) is 5. The van der Waals surface area contributed by atoms with Crippen LogP contribution in [0.4, 0.5) is 5.69 Å². The van der Waals surface area contributed by atoms with E-state index in [2.05, 4.69) is 27.0 Å². The molecular formula is C24H24N6O2. The fourth-order valence-corrected chi connectivity index (χ4v) is 3.43. The summed E-state index contributed by atoms with van der Waals surface area (Å²) < 4.78 is 7.27. The van der Waals surface area contributed by atoms with Gasteiger partial charge in [0.15, 0.2) is 0 Å². The van der Waals surface area contributed by atoms with Crippen molar-refractivity contribution in [1.82, 2.24) is 24.6 Å². The second-order valence-electron chi connectivity index (χ2n) is 7.52. The molecule has 0 aliphatic heterocycles. The molecule has 0 radical (unpaired) electrons. The zero-order valence-electron chi connectivity index (χ0n) is 18.5. The quantitative estimate of drug-likeness (QED) is 0.471. The summed E-state index contributed by atoms with van der Waals surface area (Å²) in [5, 5.41) is 8.31. The summed E-state index contributed by atoms with van der Waals surface area (Å²) in [7, 11) is 6.95. The van der Waals surface area contributed by atoms with Crippen molar-refractivity contribution in [2.45, 2.75) is 0 Å². The van der Waals surface area contributed by atoms with Gasteiger partial charge in [0.05, 0.1) is 29.7 Å². The standard InChI is InChI=1S/C24H24N6O2/c1-15(29(2)3)24(31)27-20-11-17-19(12-21(20)32-5)25-14-26-23(17)18-13-30(4)28-22(18)16-9-7-6-8-10-16/h6-14H,1H2,2-5H3,(H,27,31). The molecule has 8 nitrogen and oxygen atoms in total. The Labute approximate surface area is 186 Å². The van der Waals surface area contributed by atoms with Crippen molar-refractivity contribution in [3.8, 4) is 28.3 Å². The Bertz CT molecular complexity index is 1310. The lowest BCUT2D eigenvalue weighted by Crippen LogP contribution is -2.24. The highest BCUT2D eigenvalue weighted by Crippen LogP contribution is 2.37. The van der Waals surface area contributed by atoms with Crippen molar-refractivity contribution >= 4 is 22.5 Å². The Morgan fingerprint density at radius 1 is 1.12 bits per heavy atom. The van der Waals surface area contributed by atoms with Crippen molar-refractivity contribution < 1.29 is 9.53 Å². The maximum atomic E-state index is 12.6. The fraction of sp³-hybridized carbons (Fsp3) is 0.167. The molecule has 0 saturated heterocycles. The maximum Gasteiger partial charge on any atom is 0.271 e. The monoisotopic (exact) mass is 428 g/mol. The third kappa shape index (κ3) is 3.90. The summed E-state index contributed by atoms with van der Waals surface area (Å²) in [5.41, 5.74) is 4.91. The molecule has 0 fully saturated rings. The number of carbonyl (C=O) groups is 1. The molecule has 4 rings (SSSR count). The van der Waals surface area contributed by atoms with E-state index in [0.717, 1.165) is 22.2 Å². The van der Waals surface area contributed by atoms with Crippen LogP contribution in [0.15, 0.2) is 67.3 Å². The molecule has 4 aromatic rings. The van der Waals surface area contributed by atoms with Crippen molar-refractivity contribution in [2.24, 2.45) is 7.05 Å². The predicted octanol–water partition coefficient (Wildman–Crippen LogP) is 3.72. The van der Waals surface area contributed by atoms with Gasteiger partial charge in [0.1, 0.15) is 17.8 Å². The number of rotatable bonds is 6. The normalized spacial score (nSPS) is 10.8. The molecule has 2 heterocycles. The number of hydrogen-bond acceptors (Lipinski definition) is 6. The number of amides is 1. The van der Waals surface area contributed by atoms with Crippen LogP contribution < -0.4 is 10.1 Å². The van der Waals surface area contributed by atoms with Gasteiger partial charge in [-0.2, -0.15) is 5.10 Å². The minimum absolute atomic E-state index is 0.322. The van der Waals surface area contributed by atoms with Crippen LogP contribution in [0, 0.1) is 0 Å². The first-order valence-corrected chi connectivity index (χ1v) is 9.98. The summed E-state index contributed by atoms with van der Waals surface area (Å²) in [5.74, 6) is 0.175. The molecular weight excluding hydrogens is 404 g/mol. The van der Waals surface area contributed by atoms with Gasteiger partial charge in [-0.15, -0.1) is 0 Å². The summed E-state index contributed by atoms with van der Waals surface area (Å²) in [6, 6.07) is 13.5. The van der Waals surface area contributed by atoms with E-state index in [1.807, 2.05) is 49.6 Å². The van der Waals surface area contributed by atoms with Gasteiger partial charge in [0, 0.05) is 49.9 Å². The second-order valence-corrected chi connectivity index (χ2v) is 7.52. The number of hydrogen-bond donors (Lipinski definition) is 1. The van der Waals surface area contributed by atoms with Gasteiger partial charge in [-0.1, -0.05) is 36.9 Å². The molecule has 2 aromatic heterocycles. The smallest absolute Gasteiger partial charge is 0.271 e. The van der Waals surface area contributed by atoms with E-state index in [9.17, 15) is 4.79 Å². The summed E-state index contributed by atoms with van der Waals surface area (Å²) >= 11 is 0. The van der Waals surface area contributed by atoms with Crippen molar-refractivity contribution in [1.29, 1.82) is 0 Å². The average Bonchev–Trinajstić information content (AvgIpc) is 3.19. The Hall–Kier alpha value is -4.20. The molecule has 8 heteroatoms. The number of aromatic nitrogens is 4. The van der Waals surface area contributed by atoms with Gasteiger partial charge in [-0.05, 0) is 6.07 Å². The lowest BCUT2D eigenvalue weighted by atomic mass is 10.0. The van der Waals surface area contributed by atoms with E-state index in [1.54, 1.807) is 36.9 Å². The Balaban J connectivity index is 1.88. The highest BCUT2D eigenvalue weighted by molar-refractivity contribution is 6.06. The van der Waals surface area contributed by atoms with Crippen molar-refractivity contribution in [3.63, 3.8) is 0 Å². The Morgan fingerprint density at radius 2 is 1.88 bits per heavy atom. The zero-order chi connectivity index (χ0) is 22.8. The van der Waals surface area contributed by atoms with E-state index >= 15 is 0 Å². The van der Waals surface area contributed by atoms with E-state index in [4.69, 9.17) is 4.74 Å².